The standard InChI is InChI=1S/C24H18ClN5O/c1-15-13-16(5-11-20(15)25)26-21-3-2-4-22-19(21)10-12-23(27-22)24-14-30(29-28-24)17-6-8-18(31)9-7-17/h2-14,26,31H,1H3. The second kappa shape index (κ2) is 7.74. The summed E-state index contributed by atoms with van der Waals surface area (Å²) in [6.45, 7) is 1.98. The average Bonchev–Trinajstić information content (AvgIpc) is 3.27. The highest BCUT2D eigenvalue weighted by Crippen LogP contribution is 2.29. The molecule has 5 aromatic rings. The van der Waals surface area contributed by atoms with Gasteiger partial charge >= 0.3 is 0 Å². The monoisotopic (exact) mass is 427 g/mol. The van der Waals surface area contributed by atoms with Crippen molar-refractivity contribution in [2.45, 2.75) is 6.92 Å². The summed E-state index contributed by atoms with van der Waals surface area (Å²) in [6.07, 6.45) is 1.82. The van der Waals surface area contributed by atoms with Crippen molar-refractivity contribution in [3.8, 4) is 22.8 Å². The largest absolute Gasteiger partial charge is 0.508 e. The molecule has 0 bridgehead atoms. The van der Waals surface area contributed by atoms with Crippen LogP contribution in [-0.4, -0.2) is 25.1 Å². The van der Waals surface area contributed by atoms with Gasteiger partial charge in [-0.2, -0.15) is 0 Å². The van der Waals surface area contributed by atoms with Gasteiger partial charge in [0.05, 0.1) is 23.1 Å². The summed E-state index contributed by atoms with van der Waals surface area (Å²) in [6, 6.07) is 22.6. The zero-order valence-electron chi connectivity index (χ0n) is 16.6. The summed E-state index contributed by atoms with van der Waals surface area (Å²) in [7, 11) is 0. The Kier molecular flexibility index (Phi) is 4.76. The number of aromatic hydroxyl groups is 1. The van der Waals surface area contributed by atoms with Crippen LogP contribution in [0.4, 0.5) is 11.4 Å². The van der Waals surface area contributed by atoms with Gasteiger partial charge in [0.25, 0.3) is 0 Å². The van der Waals surface area contributed by atoms with Gasteiger partial charge in [-0.05, 0) is 79.2 Å². The number of halogens is 1. The molecule has 0 aliphatic rings. The Morgan fingerprint density at radius 3 is 2.58 bits per heavy atom. The van der Waals surface area contributed by atoms with E-state index in [1.165, 1.54) is 0 Å². The van der Waals surface area contributed by atoms with E-state index in [0.717, 1.165) is 44.2 Å². The minimum absolute atomic E-state index is 0.207. The minimum Gasteiger partial charge on any atom is -0.508 e. The Balaban J connectivity index is 1.47. The van der Waals surface area contributed by atoms with Crippen molar-refractivity contribution in [3.63, 3.8) is 0 Å². The Hall–Kier alpha value is -3.90. The molecule has 0 saturated heterocycles. The van der Waals surface area contributed by atoms with Gasteiger partial charge in [-0.3, -0.25) is 0 Å². The fraction of sp³-hybridized carbons (Fsp3) is 0.0417. The zero-order chi connectivity index (χ0) is 21.4. The van der Waals surface area contributed by atoms with Gasteiger partial charge in [0.1, 0.15) is 11.4 Å². The van der Waals surface area contributed by atoms with E-state index in [-0.39, 0.29) is 5.75 Å². The molecular weight excluding hydrogens is 410 g/mol. The van der Waals surface area contributed by atoms with Crippen LogP contribution in [-0.2, 0) is 0 Å². The Morgan fingerprint density at radius 2 is 1.77 bits per heavy atom. The number of phenolic OH excluding ortho intramolecular Hbond substituents is 1. The van der Waals surface area contributed by atoms with Gasteiger partial charge in [0.2, 0.25) is 0 Å². The number of hydrogen-bond donors (Lipinski definition) is 2. The van der Waals surface area contributed by atoms with Crippen LogP contribution < -0.4 is 5.32 Å². The molecule has 2 heterocycles. The maximum Gasteiger partial charge on any atom is 0.131 e. The first-order valence-electron chi connectivity index (χ1n) is 9.72. The van der Waals surface area contributed by atoms with Crippen molar-refractivity contribution in [1.29, 1.82) is 0 Å². The summed E-state index contributed by atoms with van der Waals surface area (Å²) in [5.74, 6) is 0.207. The van der Waals surface area contributed by atoms with Crippen LogP contribution >= 0.6 is 11.6 Å². The van der Waals surface area contributed by atoms with Crippen LogP contribution in [0.15, 0.2) is 79.0 Å². The number of benzene rings is 3. The molecular formula is C24H18ClN5O. The number of pyridine rings is 1. The first-order chi connectivity index (χ1) is 15.1. The number of fused-ring (bicyclic) bond motifs is 1. The molecule has 7 heteroatoms. The van der Waals surface area contributed by atoms with E-state index in [0.29, 0.717) is 5.69 Å². The van der Waals surface area contributed by atoms with Crippen LogP contribution in [0.1, 0.15) is 5.56 Å². The number of phenols is 1. The fourth-order valence-electron chi connectivity index (χ4n) is 3.40. The van der Waals surface area contributed by atoms with E-state index >= 15 is 0 Å². The molecule has 31 heavy (non-hydrogen) atoms. The number of nitrogens with one attached hydrogen (secondary N) is 1. The molecule has 0 amide bonds. The first kappa shape index (κ1) is 19.1. The van der Waals surface area contributed by atoms with Crippen LogP contribution in [0.3, 0.4) is 0 Å². The lowest BCUT2D eigenvalue weighted by atomic mass is 10.1. The van der Waals surface area contributed by atoms with E-state index in [1.54, 1.807) is 28.9 Å². The summed E-state index contributed by atoms with van der Waals surface area (Å²) in [4.78, 5) is 4.78. The van der Waals surface area contributed by atoms with Gasteiger partial charge in [-0.25, -0.2) is 9.67 Å². The number of nitrogens with zero attached hydrogens (tertiary/aromatic N) is 4. The van der Waals surface area contributed by atoms with Crippen molar-refractivity contribution >= 4 is 33.9 Å². The molecule has 0 aliphatic carbocycles. The third-order valence-electron chi connectivity index (χ3n) is 5.04. The number of rotatable bonds is 4. The summed E-state index contributed by atoms with van der Waals surface area (Å²) in [5, 5.41) is 23.1. The highest BCUT2D eigenvalue weighted by atomic mass is 35.5. The van der Waals surface area contributed by atoms with E-state index in [9.17, 15) is 5.11 Å². The van der Waals surface area contributed by atoms with Crippen LogP contribution in [0.5, 0.6) is 5.75 Å². The third-order valence-corrected chi connectivity index (χ3v) is 5.46. The van der Waals surface area contributed by atoms with Gasteiger partial charge in [0.15, 0.2) is 0 Å². The van der Waals surface area contributed by atoms with E-state index in [2.05, 4.69) is 15.6 Å². The van der Waals surface area contributed by atoms with Gasteiger partial charge in [0, 0.05) is 21.8 Å². The van der Waals surface area contributed by atoms with E-state index in [4.69, 9.17) is 16.6 Å². The maximum atomic E-state index is 9.46. The summed E-state index contributed by atoms with van der Waals surface area (Å²) in [5.41, 5.74) is 6.01. The lowest BCUT2D eigenvalue weighted by molar-refractivity contribution is 0.475. The Labute approximate surface area is 183 Å². The molecule has 0 aliphatic heterocycles. The van der Waals surface area contributed by atoms with Crippen molar-refractivity contribution in [2.75, 3.05) is 5.32 Å². The second-order valence-corrected chi connectivity index (χ2v) is 7.63. The fourth-order valence-corrected chi connectivity index (χ4v) is 3.51. The molecule has 152 valence electrons. The molecule has 6 nitrogen and oxygen atoms in total. The lowest BCUT2D eigenvalue weighted by Crippen LogP contribution is -1.94. The van der Waals surface area contributed by atoms with Crippen molar-refractivity contribution in [1.82, 2.24) is 20.0 Å². The second-order valence-electron chi connectivity index (χ2n) is 7.22. The minimum atomic E-state index is 0.207. The van der Waals surface area contributed by atoms with Crippen molar-refractivity contribution in [3.05, 3.63) is 89.6 Å². The molecule has 0 unspecified atom stereocenters. The average molecular weight is 428 g/mol. The number of anilines is 2. The number of hydrogen-bond acceptors (Lipinski definition) is 5. The molecule has 0 atom stereocenters. The number of aryl methyl sites for hydroxylation is 1. The molecule has 2 N–H and O–H groups in total. The Morgan fingerprint density at radius 1 is 0.935 bits per heavy atom. The quantitative estimate of drug-likeness (QED) is 0.374. The lowest BCUT2D eigenvalue weighted by Gasteiger charge is -2.11. The first-order valence-corrected chi connectivity index (χ1v) is 10.1. The van der Waals surface area contributed by atoms with Crippen molar-refractivity contribution < 1.29 is 5.11 Å². The van der Waals surface area contributed by atoms with Gasteiger partial charge < -0.3 is 10.4 Å². The predicted octanol–water partition coefficient (Wildman–Crippen LogP) is 5.89. The van der Waals surface area contributed by atoms with Crippen LogP contribution in [0.2, 0.25) is 5.02 Å². The highest BCUT2D eigenvalue weighted by Gasteiger charge is 2.10. The van der Waals surface area contributed by atoms with Gasteiger partial charge in [-0.15, -0.1) is 5.10 Å². The van der Waals surface area contributed by atoms with Crippen LogP contribution in [0.25, 0.3) is 28.0 Å². The third kappa shape index (κ3) is 3.81. The van der Waals surface area contributed by atoms with E-state index < -0.39 is 0 Å². The summed E-state index contributed by atoms with van der Waals surface area (Å²) < 4.78 is 1.65. The number of aromatic nitrogens is 4. The molecule has 2 aromatic heterocycles. The van der Waals surface area contributed by atoms with E-state index in [1.807, 2.05) is 61.7 Å². The SMILES string of the molecule is Cc1cc(Nc2cccc3nc(-c4cn(-c5ccc(O)cc5)nn4)ccc23)ccc1Cl. The molecule has 0 spiro atoms. The van der Waals surface area contributed by atoms with Crippen LogP contribution in [0, 0.1) is 6.92 Å². The predicted molar refractivity (Wildman–Crippen MR) is 123 cm³/mol. The molecule has 0 saturated carbocycles. The van der Waals surface area contributed by atoms with Crippen molar-refractivity contribution in [2.24, 2.45) is 0 Å². The normalized spacial score (nSPS) is 11.0. The molecule has 5 rings (SSSR count). The maximum absolute atomic E-state index is 9.46. The molecule has 0 fully saturated rings. The summed E-state index contributed by atoms with van der Waals surface area (Å²) >= 11 is 6.14. The molecule has 0 radical (unpaired) electrons. The topological polar surface area (TPSA) is 75.9 Å². The van der Waals surface area contributed by atoms with Gasteiger partial charge in [-0.1, -0.05) is 22.9 Å². The highest BCUT2D eigenvalue weighted by molar-refractivity contribution is 6.31. The Bertz CT molecular complexity index is 1400. The zero-order valence-corrected chi connectivity index (χ0v) is 17.4. The smallest absolute Gasteiger partial charge is 0.131 e. The molecule has 3 aromatic carbocycles.